The summed E-state index contributed by atoms with van der Waals surface area (Å²) in [5, 5.41) is -1.01. The Labute approximate surface area is 99.8 Å². The predicted molar refractivity (Wildman–Crippen MR) is 64.2 cm³/mol. The summed E-state index contributed by atoms with van der Waals surface area (Å²) in [5.74, 6) is -0.0913. The Hall–Kier alpha value is 0.150. The van der Waals surface area contributed by atoms with Crippen LogP contribution in [0.2, 0.25) is 0 Å². The van der Waals surface area contributed by atoms with Gasteiger partial charge in [0.1, 0.15) is 0 Å². The van der Waals surface area contributed by atoms with E-state index in [0.717, 1.165) is 25.7 Å². The molecule has 0 aliphatic heterocycles. The predicted octanol–water partition coefficient (Wildman–Crippen LogP) is 2.68. The van der Waals surface area contributed by atoms with E-state index in [4.69, 9.17) is 0 Å². The van der Waals surface area contributed by atoms with Crippen LogP contribution in [0.3, 0.4) is 0 Å². The SMILES string of the molecule is CCCCC(CCCC)(C(C)C)P(=O)([O-])[O-]. The average Bonchev–Trinajstić information content (AvgIpc) is 2.16. The third-order valence-corrected chi connectivity index (χ3v) is 5.60. The second-order valence-electron chi connectivity index (χ2n) is 4.96. The molecule has 0 aromatic heterocycles. The van der Waals surface area contributed by atoms with E-state index in [1.54, 1.807) is 0 Å². The Bertz CT molecular complexity index is 224. The summed E-state index contributed by atoms with van der Waals surface area (Å²) in [5.41, 5.74) is 0. The van der Waals surface area contributed by atoms with Crippen molar-refractivity contribution in [3.05, 3.63) is 0 Å². The second-order valence-corrected chi connectivity index (χ2v) is 6.85. The van der Waals surface area contributed by atoms with Crippen molar-refractivity contribution in [2.75, 3.05) is 0 Å². The zero-order valence-electron chi connectivity index (χ0n) is 11.0. The van der Waals surface area contributed by atoms with Crippen molar-refractivity contribution in [3.63, 3.8) is 0 Å². The van der Waals surface area contributed by atoms with E-state index in [-0.39, 0.29) is 5.92 Å². The van der Waals surface area contributed by atoms with E-state index < -0.39 is 12.8 Å². The van der Waals surface area contributed by atoms with Crippen LogP contribution in [0, 0.1) is 5.92 Å². The van der Waals surface area contributed by atoms with Gasteiger partial charge in [0.2, 0.25) is 0 Å². The van der Waals surface area contributed by atoms with Crippen molar-refractivity contribution in [1.29, 1.82) is 0 Å². The lowest BCUT2D eigenvalue weighted by Gasteiger charge is -2.53. The standard InChI is InChI=1S/C12H27O3P/c1-5-7-9-12(11(3)4,10-8-6-2)16(13,14)15/h11H,5-10H2,1-4H3,(H2,13,14,15)/p-2. The third-order valence-electron chi connectivity index (χ3n) is 3.55. The van der Waals surface area contributed by atoms with Crippen molar-refractivity contribution in [2.45, 2.75) is 71.4 Å². The third kappa shape index (κ3) is 3.87. The van der Waals surface area contributed by atoms with Gasteiger partial charge in [-0.2, -0.15) is 0 Å². The molecular formula is C12H25O3P-2. The zero-order valence-corrected chi connectivity index (χ0v) is 11.9. The van der Waals surface area contributed by atoms with Crippen molar-refractivity contribution in [3.8, 4) is 0 Å². The Kier molecular flexibility index (Phi) is 6.84. The van der Waals surface area contributed by atoms with Crippen LogP contribution < -0.4 is 9.79 Å². The van der Waals surface area contributed by atoms with Gasteiger partial charge in [0.15, 0.2) is 0 Å². The minimum Gasteiger partial charge on any atom is -0.810 e. The lowest BCUT2D eigenvalue weighted by molar-refractivity contribution is -0.322. The molecule has 0 aliphatic carbocycles. The highest BCUT2D eigenvalue weighted by molar-refractivity contribution is 7.50. The first kappa shape index (κ1) is 16.1. The molecule has 0 fully saturated rings. The molecule has 0 bridgehead atoms. The highest BCUT2D eigenvalue weighted by Gasteiger charge is 2.35. The second kappa shape index (κ2) is 6.78. The molecule has 0 aromatic carbocycles. The van der Waals surface area contributed by atoms with Crippen molar-refractivity contribution in [1.82, 2.24) is 0 Å². The molecule has 0 N–H and O–H groups in total. The molecule has 0 aromatic rings. The Morgan fingerprint density at radius 3 is 1.62 bits per heavy atom. The van der Waals surface area contributed by atoms with Crippen LogP contribution in [0.1, 0.15) is 66.2 Å². The Morgan fingerprint density at radius 2 is 1.44 bits per heavy atom. The summed E-state index contributed by atoms with van der Waals surface area (Å²) in [6.45, 7) is 7.75. The molecular weight excluding hydrogens is 223 g/mol. The summed E-state index contributed by atoms with van der Waals surface area (Å²) in [6.07, 6.45) is 4.53. The molecule has 98 valence electrons. The summed E-state index contributed by atoms with van der Waals surface area (Å²) in [7, 11) is -4.52. The van der Waals surface area contributed by atoms with Crippen LogP contribution in [0.15, 0.2) is 0 Å². The van der Waals surface area contributed by atoms with Gasteiger partial charge in [-0.05, 0) is 18.8 Å². The van der Waals surface area contributed by atoms with E-state index in [1.165, 1.54) is 0 Å². The quantitative estimate of drug-likeness (QED) is 0.620. The van der Waals surface area contributed by atoms with Gasteiger partial charge in [0.25, 0.3) is 0 Å². The fourth-order valence-corrected chi connectivity index (χ4v) is 3.75. The topological polar surface area (TPSA) is 63.2 Å². The molecule has 4 heteroatoms. The van der Waals surface area contributed by atoms with Crippen LogP contribution in [0.5, 0.6) is 0 Å². The fraction of sp³-hybridized carbons (Fsp3) is 1.00. The first-order valence-electron chi connectivity index (χ1n) is 6.34. The normalized spacial score (nSPS) is 13.4. The van der Waals surface area contributed by atoms with E-state index in [1.807, 2.05) is 27.7 Å². The summed E-state index contributed by atoms with van der Waals surface area (Å²) in [4.78, 5) is 23.2. The van der Waals surface area contributed by atoms with Gasteiger partial charge in [-0.3, -0.25) is 0 Å². The minimum absolute atomic E-state index is 0.0913. The van der Waals surface area contributed by atoms with E-state index in [2.05, 4.69) is 0 Å². The van der Waals surface area contributed by atoms with Crippen LogP contribution in [0.4, 0.5) is 0 Å². The maximum absolute atomic E-state index is 11.6. The molecule has 0 saturated carbocycles. The number of unbranched alkanes of at least 4 members (excludes halogenated alkanes) is 2. The molecule has 3 nitrogen and oxygen atoms in total. The van der Waals surface area contributed by atoms with Crippen LogP contribution in [0.25, 0.3) is 0 Å². The lowest BCUT2D eigenvalue weighted by atomic mass is 9.85. The van der Waals surface area contributed by atoms with Crippen molar-refractivity contribution < 1.29 is 14.4 Å². The van der Waals surface area contributed by atoms with Gasteiger partial charge in [-0.25, -0.2) is 0 Å². The zero-order chi connectivity index (χ0) is 12.8. The van der Waals surface area contributed by atoms with Gasteiger partial charge < -0.3 is 14.4 Å². The van der Waals surface area contributed by atoms with E-state index in [0.29, 0.717) is 12.8 Å². The maximum atomic E-state index is 11.6. The van der Waals surface area contributed by atoms with Crippen LogP contribution in [-0.2, 0) is 4.57 Å². The maximum Gasteiger partial charge on any atom is 0.000333 e. The summed E-state index contributed by atoms with van der Waals surface area (Å²) >= 11 is 0. The molecule has 0 atom stereocenters. The summed E-state index contributed by atoms with van der Waals surface area (Å²) < 4.78 is 11.6. The molecule has 0 heterocycles. The molecule has 0 rings (SSSR count). The van der Waals surface area contributed by atoms with Crippen LogP contribution >= 0.6 is 7.60 Å². The minimum atomic E-state index is -4.52. The van der Waals surface area contributed by atoms with Crippen LogP contribution in [-0.4, -0.2) is 5.16 Å². The van der Waals surface area contributed by atoms with Crippen molar-refractivity contribution >= 4 is 7.60 Å². The molecule has 0 spiro atoms. The summed E-state index contributed by atoms with van der Waals surface area (Å²) in [6, 6.07) is 0. The highest BCUT2D eigenvalue weighted by Crippen LogP contribution is 2.54. The monoisotopic (exact) mass is 248 g/mol. The van der Waals surface area contributed by atoms with Gasteiger partial charge >= 0.3 is 0 Å². The van der Waals surface area contributed by atoms with Crippen molar-refractivity contribution in [2.24, 2.45) is 5.92 Å². The van der Waals surface area contributed by atoms with E-state index in [9.17, 15) is 14.4 Å². The number of hydrogen-bond donors (Lipinski definition) is 0. The van der Waals surface area contributed by atoms with Gasteiger partial charge in [-0.15, -0.1) is 0 Å². The first-order valence-corrected chi connectivity index (χ1v) is 7.88. The fourth-order valence-electron chi connectivity index (χ4n) is 2.26. The lowest BCUT2D eigenvalue weighted by Crippen LogP contribution is -2.43. The van der Waals surface area contributed by atoms with Gasteiger partial charge in [-0.1, -0.05) is 61.0 Å². The number of rotatable bonds is 8. The molecule has 0 amide bonds. The number of hydrogen-bond acceptors (Lipinski definition) is 3. The molecule has 0 saturated heterocycles. The molecule has 0 radical (unpaired) electrons. The Morgan fingerprint density at radius 1 is 1.06 bits per heavy atom. The smallest absolute Gasteiger partial charge is 0.000333 e. The van der Waals surface area contributed by atoms with Gasteiger partial charge in [0, 0.05) is 5.16 Å². The largest absolute Gasteiger partial charge is 0.810 e. The van der Waals surface area contributed by atoms with E-state index >= 15 is 0 Å². The molecule has 0 aliphatic rings. The average molecular weight is 248 g/mol. The molecule has 0 unspecified atom stereocenters. The first-order chi connectivity index (χ1) is 7.31. The Balaban J connectivity index is 4.98. The van der Waals surface area contributed by atoms with Gasteiger partial charge in [0.05, 0.1) is 0 Å². The highest BCUT2D eigenvalue weighted by atomic mass is 31.2. The molecule has 16 heavy (non-hydrogen) atoms.